The van der Waals surface area contributed by atoms with Gasteiger partial charge < -0.3 is 14.7 Å². The Kier molecular flexibility index (Phi) is 5.97. The summed E-state index contributed by atoms with van der Waals surface area (Å²) < 4.78 is 5.39. The molecule has 6 nitrogen and oxygen atoms in total. The molecular formula is C23H29N3O3. The van der Waals surface area contributed by atoms with Gasteiger partial charge in [0.05, 0.1) is 6.54 Å². The highest BCUT2D eigenvalue weighted by molar-refractivity contribution is 5.92. The minimum atomic E-state index is -0.267. The van der Waals surface area contributed by atoms with Crippen LogP contribution < -0.4 is 5.32 Å². The highest BCUT2D eigenvalue weighted by Crippen LogP contribution is 2.33. The molecule has 2 saturated carbocycles. The van der Waals surface area contributed by atoms with Crippen molar-refractivity contribution in [2.75, 3.05) is 0 Å². The zero-order valence-electron chi connectivity index (χ0n) is 17.0. The Morgan fingerprint density at radius 1 is 1.10 bits per heavy atom. The molecule has 0 radical (unpaired) electrons. The Balaban J connectivity index is 1.35. The van der Waals surface area contributed by atoms with Crippen LogP contribution in [0, 0.1) is 12.8 Å². The van der Waals surface area contributed by atoms with Crippen molar-refractivity contribution in [3.8, 4) is 0 Å². The van der Waals surface area contributed by atoms with Crippen LogP contribution in [0.4, 0.5) is 0 Å². The molecule has 1 N–H and O–H groups in total. The summed E-state index contributed by atoms with van der Waals surface area (Å²) in [5.41, 5.74) is 2.47. The van der Waals surface area contributed by atoms with Crippen molar-refractivity contribution in [2.24, 2.45) is 5.92 Å². The Bertz CT molecular complexity index is 849. The van der Waals surface area contributed by atoms with Gasteiger partial charge in [-0.2, -0.15) is 0 Å². The van der Waals surface area contributed by atoms with Crippen molar-refractivity contribution in [2.45, 2.75) is 71.0 Å². The summed E-state index contributed by atoms with van der Waals surface area (Å²) in [5, 5.41) is 6.79. The van der Waals surface area contributed by atoms with Crippen LogP contribution in [0.5, 0.6) is 0 Å². The third kappa shape index (κ3) is 5.05. The number of aryl methyl sites for hydroxylation is 1. The molecule has 6 heteroatoms. The molecule has 2 amide bonds. The van der Waals surface area contributed by atoms with Crippen LogP contribution in [0.1, 0.15) is 72.3 Å². The highest BCUT2D eigenvalue weighted by Gasteiger charge is 2.36. The fraction of sp³-hybridized carbons (Fsp3) is 0.522. The van der Waals surface area contributed by atoms with Crippen molar-refractivity contribution in [1.29, 1.82) is 0 Å². The normalized spacial score (nSPS) is 17.1. The fourth-order valence-corrected chi connectivity index (χ4v) is 4.00. The lowest BCUT2D eigenvalue weighted by Gasteiger charge is -2.28. The Morgan fingerprint density at radius 3 is 2.52 bits per heavy atom. The summed E-state index contributed by atoms with van der Waals surface area (Å²) in [6.45, 7) is 2.87. The number of hydrogen-bond donors (Lipinski definition) is 1. The summed E-state index contributed by atoms with van der Waals surface area (Å²) >= 11 is 0. The van der Waals surface area contributed by atoms with Crippen molar-refractivity contribution >= 4 is 11.8 Å². The lowest BCUT2D eigenvalue weighted by molar-refractivity contribution is -0.138. The first-order chi connectivity index (χ1) is 14.1. The van der Waals surface area contributed by atoms with Gasteiger partial charge in [-0.1, -0.05) is 54.2 Å². The number of nitrogens with zero attached hydrogens (tertiary/aromatic N) is 2. The molecule has 154 valence electrons. The molecule has 1 aromatic heterocycles. The van der Waals surface area contributed by atoms with E-state index in [0.29, 0.717) is 24.9 Å². The largest absolute Gasteiger partial charge is 0.359 e. The zero-order chi connectivity index (χ0) is 20.2. The molecule has 2 aliphatic carbocycles. The van der Waals surface area contributed by atoms with Crippen LogP contribution >= 0.6 is 0 Å². The predicted octanol–water partition coefficient (Wildman–Crippen LogP) is 3.98. The van der Waals surface area contributed by atoms with E-state index < -0.39 is 0 Å². The number of nitrogens with one attached hydrogen (secondary N) is 1. The van der Waals surface area contributed by atoms with Crippen molar-refractivity contribution in [3.63, 3.8) is 0 Å². The van der Waals surface area contributed by atoms with Crippen LogP contribution in [0.15, 0.2) is 34.9 Å². The van der Waals surface area contributed by atoms with Crippen LogP contribution in [-0.2, 0) is 17.9 Å². The van der Waals surface area contributed by atoms with E-state index in [1.807, 2.05) is 36.1 Å². The second-order valence-corrected chi connectivity index (χ2v) is 8.38. The van der Waals surface area contributed by atoms with Gasteiger partial charge in [-0.25, -0.2) is 0 Å². The van der Waals surface area contributed by atoms with Gasteiger partial charge in [0.1, 0.15) is 0 Å². The van der Waals surface area contributed by atoms with E-state index in [9.17, 15) is 9.59 Å². The van der Waals surface area contributed by atoms with E-state index in [2.05, 4.69) is 10.5 Å². The second-order valence-electron chi connectivity index (χ2n) is 8.38. The van der Waals surface area contributed by atoms with Gasteiger partial charge in [-0.3, -0.25) is 9.59 Å². The van der Waals surface area contributed by atoms with Crippen LogP contribution in [0.2, 0.25) is 0 Å². The van der Waals surface area contributed by atoms with Crippen LogP contribution in [0.25, 0.3) is 0 Å². The standard InChI is InChI=1S/C23H29N3O3/c1-16-7-9-17(10-8-16)14-24-22(27)21-13-20(29-25-21)15-26(19-11-12-19)23(28)18-5-3-2-4-6-18/h7-10,13,18-19H,2-6,11-12,14-15H2,1H3,(H,24,27). The zero-order valence-corrected chi connectivity index (χ0v) is 17.0. The number of hydrogen-bond acceptors (Lipinski definition) is 4. The molecule has 1 aromatic carbocycles. The van der Waals surface area contributed by atoms with E-state index >= 15 is 0 Å². The van der Waals surface area contributed by atoms with Crippen molar-refractivity contribution in [3.05, 3.63) is 52.9 Å². The quantitative estimate of drug-likeness (QED) is 0.769. The average Bonchev–Trinajstić information content (AvgIpc) is 3.49. The van der Waals surface area contributed by atoms with E-state index in [1.54, 1.807) is 6.07 Å². The number of rotatable bonds is 7. The summed E-state index contributed by atoms with van der Waals surface area (Å²) in [5.74, 6) is 0.692. The molecule has 0 spiro atoms. The highest BCUT2D eigenvalue weighted by atomic mass is 16.5. The Labute approximate surface area is 171 Å². The molecule has 0 aliphatic heterocycles. The minimum Gasteiger partial charge on any atom is -0.359 e. The van der Waals surface area contributed by atoms with Crippen molar-refractivity contribution < 1.29 is 14.1 Å². The SMILES string of the molecule is Cc1ccc(CNC(=O)c2cc(CN(C(=O)C3CCCCC3)C3CC3)on2)cc1. The van der Waals surface area contributed by atoms with Gasteiger partial charge in [0.15, 0.2) is 11.5 Å². The first-order valence-corrected chi connectivity index (χ1v) is 10.7. The Hall–Kier alpha value is -2.63. The minimum absolute atomic E-state index is 0.143. The lowest BCUT2D eigenvalue weighted by atomic mass is 9.88. The molecule has 4 rings (SSSR count). The molecule has 0 bridgehead atoms. The molecule has 2 aromatic rings. The van der Waals surface area contributed by atoms with Gasteiger partial charge in [-0.15, -0.1) is 0 Å². The average molecular weight is 396 g/mol. The molecule has 2 fully saturated rings. The molecule has 0 atom stereocenters. The van der Waals surface area contributed by atoms with Crippen molar-refractivity contribution in [1.82, 2.24) is 15.4 Å². The maximum absolute atomic E-state index is 13.0. The maximum atomic E-state index is 13.0. The summed E-state index contributed by atoms with van der Waals surface area (Å²) in [6.07, 6.45) is 7.60. The molecular weight excluding hydrogens is 366 g/mol. The molecule has 1 heterocycles. The summed E-state index contributed by atoms with van der Waals surface area (Å²) in [4.78, 5) is 27.3. The Morgan fingerprint density at radius 2 is 1.83 bits per heavy atom. The van der Waals surface area contributed by atoms with Gasteiger partial charge >= 0.3 is 0 Å². The van der Waals surface area contributed by atoms with Gasteiger partial charge in [0.25, 0.3) is 5.91 Å². The number of carbonyl (C=O) groups excluding carboxylic acids is 2. The van der Waals surface area contributed by atoms with Gasteiger partial charge in [0, 0.05) is 24.6 Å². The number of amides is 2. The van der Waals surface area contributed by atoms with E-state index in [1.165, 1.54) is 12.0 Å². The third-order valence-electron chi connectivity index (χ3n) is 5.92. The maximum Gasteiger partial charge on any atom is 0.273 e. The fourth-order valence-electron chi connectivity index (χ4n) is 4.00. The van der Waals surface area contributed by atoms with Crippen LogP contribution in [-0.4, -0.2) is 27.9 Å². The lowest BCUT2D eigenvalue weighted by Crippen LogP contribution is -2.38. The summed E-state index contributed by atoms with van der Waals surface area (Å²) in [7, 11) is 0. The molecule has 29 heavy (non-hydrogen) atoms. The smallest absolute Gasteiger partial charge is 0.273 e. The second kappa shape index (κ2) is 8.80. The summed E-state index contributed by atoms with van der Waals surface area (Å²) in [6, 6.07) is 10.0. The van der Waals surface area contributed by atoms with Gasteiger partial charge in [0.2, 0.25) is 5.91 Å². The molecule has 2 aliphatic rings. The third-order valence-corrected chi connectivity index (χ3v) is 5.92. The van der Waals surface area contributed by atoms with E-state index in [0.717, 1.165) is 44.1 Å². The number of aromatic nitrogens is 1. The number of benzene rings is 1. The van der Waals surface area contributed by atoms with E-state index in [4.69, 9.17) is 4.52 Å². The van der Waals surface area contributed by atoms with E-state index in [-0.39, 0.29) is 23.4 Å². The topological polar surface area (TPSA) is 75.4 Å². The first kappa shape index (κ1) is 19.7. The molecule has 0 saturated heterocycles. The molecule has 0 unspecified atom stereocenters. The van der Waals surface area contributed by atoms with Crippen LogP contribution in [0.3, 0.4) is 0 Å². The first-order valence-electron chi connectivity index (χ1n) is 10.7. The monoisotopic (exact) mass is 395 g/mol. The van der Waals surface area contributed by atoms with Gasteiger partial charge in [-0.05, 0) is 38.2 Å². The number of carbonyl (C=O) groups is 2. The predicted molar refractivity (Wildman–Crippen MR) is 109 cm³/mol.